The van der Waals surface area contributed by atoms with Crippen LogP contribution in [-0.2, 0) is 0 Å². The van der Waals surface area contributed by atoms with Crippen LogP contribution in [0.3, 0.4) is 0 Å². The van der Waals surface area contributed by atoms with Gasteiger partial charge in [-0.05, 0) is 36.8 Å². The highest BCUT2D eigenvalue weighted by Crippen LogP contribution is 2.32. The van der Waals surface area contributed by atoms with Crippen molar-refractivity contribution < 1.29 is 9.47 Å². The van der Waals surface area contributed by atoms with Gasteiger partial charge in [0, 0.05) is 11.8 Å². The highest BCUT2D eigenvalue weighted by Gasteiger charge is 2.12. The lowest BCUT2D eigenvalue weighted by Crippen LogP contribution is -2.30. The number of thiocarbonyl (C=S) groups is 1. The van der Waals surface area contributed by atoms with Gasteiger partial charge < -0.3 is 20.1 Å². The van der Waals surface area contributed by atoms with Crippen LogP contribution in [0.1, 0.15) is 18.5 Å². The summed E-state index contributed by atoms with van der Waals surface area (Å²) in [5, 5.41) is 7.03. The first-order valence-electron chi connectivity index (χ1n) is 7.24. The van der Waals surface area contributed by atoms with Crippen molar-refractivity contribution in [3.63, 3.8) is 0 Å². The third-order valence-corrected chi connectivity index (χ3v) is 3.67. The summed E-state index contributed by atoms with van der Waals surface area (Å²) < 4.78 is 11.1. The van der Waals surface area contributed by atoms with Gasteiger partial charge in [-0.15, -0.1) is 0 Å². The molecule has 0 bridgehead atoms. The van der Waals surface area contributed by atoms with Crippen LogP contribution in [0, 0.1) is 0 Å². The number of hydrogen-bond acceptors (Lipinski definition) is 3. The molecule has 5 heteroatoms. The molecule has 0 aromatic heterocycles. The zero-order chi connectivity index (χ0) is 15.4. The molecule has 2 N–H and O–H groups in total. The molecule has 0 unspecified atom stereocenters. The van der Waals surface area contributed by atoms with Gasteiger partial charge in [-0.1, -0.05) is 30.3 Å². The summed E-state index contributed by atoms with van der Waals surface area (Å²) in [6.07, 6.45) is 0. The molecule has 4 nitrogen and oxygen atoms in total. The van der Waals surface area contributed by atoms with E-state index in [2.05, 4.69) is 29.7 Å². The molecule has 114 valence electrons. The Bertz CT molecular complexity index is 661. The van der Waals surface area contributed by atoms with Gasteiger partial charge in [-0.3, -0.25) is 0 Å². The summed E-state index contributed by atoms with van der Waals surface area (Å²) in [5.41, 5.74) is 2.07. The summed E-state index contributed by atoms with van der Waals surface area (Å²) in [4.78, 5) is 0. The number of anilines is 1. The SMILES string of the molecule is C[C@H](NC(=S)Nc1ccc2c(c1)OCCO2)c1ccccc1. The van der Waals surface area contributed by atoms with Crippen LogP contribution in [0.4, 0.5) is 5.69 Å². The number of nitrogens with one attached hydrogen (secondary N) is 2. The number of fused-ring (bicyclic) bond motifs is 1. The van der Waals surface area contributed by atoms with Crippen molar-refractivity contribution >= 4 is 23.0 Å². The minimum absolute atomic E-state index is 0.137. The molecule has 0 saturated carbocycles. The Morgan fingerprint density at radius 2 is 1.77 bits per heavy atom. The van der Waals surface area contributed by atoms with E-state index in [1.807, 2.05) is 36.4 Å². The molecule has 1 aliphatic heterocycles. The van der Waals surface area contributed by atoms with Crippen LogP contribution < -0.4 is 20.1 Å². The molecule has 0 amide bonds. The van der Waals surface area contributed by atoms with Crippen molar-refractivity contribution in [2.75, 3.05) is 18.5 Å². The molecule has 1 aliphatic rings. The highest BCUT2D eigenvalue weighted by molar-refractivity contribution is 7.80. The summed E-state index contributed by atoms with van der Waals surface area (Å²) in [6.45, 7) is 3.24. The summed E-state index contributed by atoms with van der Waals surface area (Å²) in [5.74, 6) is 1.52. The molecule has 0 aliphatic carbocycles. The van der Waals surface area contributed by atoms with E-state index < -0.39 is 0 Å². The zero-order valence-corrected chi connectivity index (χ0v) is 13.2. The number of ether oxygens (including phenoxy) is 2. The standard InChI is InChI=1S/C17H18N2O2S/c1-12(13-5-3-2-4-6-13)18-17(22)19-14-7-8-15-16(11-14)21-10-9-20-15/h2-8,11-12H,9-10H2,1H3,(H2,18,19,22)/t12-/m0/s1. The Hall–Kier alpha value is -2.27. The third kappa shape index (κ3) is 3.49. The van der Waals surface area contributed by atoms with E-state index in [1.165, 1.54) is 5.56 Å². The topological polar surface area (TPSA) is 42.5 Å². The van der Waals surface area contributed by atoms with Gasteiger partial charge in [0.15, 0.2) is 16.6 Å². The average Bonchev–Trinajstić information content (AvgIpc) is 2.55. The molecule has 1 atom stereocenters. The first-order chi connectivity index (χ1) is 10.7. The molecule has 0 fully saturated rings. The predicted octanol–water partition coefficient (Wildman–Crippen LogP) is 3.51. The summed E-state index contributed by atoms with van der Waals surface area (Å²) >= 11 is 5.37. The molecule has 3 rings (SSSR count). The maximum atomic E-state index is 5.57. The van der Waals surface area contributed by atoms with E-state index in [-0.39, 0.29) is 6.04 Å². The third-order valence-electron chi connectivity index (χ3n) is 3.45. The fourth-order valence-corrected chi connectivity index (χ4v) is 2.60. The number of hydrogen-bond donors (Lipinski definition) is 2. The monoisotopic (exact) mass is 314 g/mol. The maximum absolute atomic E-state index is 5.57. The van der Waals surface area contributed by atoms with Crippen LogP contribution >= 0.6 is 12.2 Å². The molecular formula is C17H18N2O2S. The van der Waals surface area contributed by atoms with Crippen LogP contribution in [0.15, 0.2) is 48.5 Å². The molecule has 0 spiro atoms. The molecule has 1 heterocycles. The first-order valence-corrected chi connectivity index (χ1v) is 7.65. The normalized spacial score (nSPS) is 14.0. The van der Waals surface area contributed by atoms with Crippen molar-refractivity contribution in [3.8, 4) is 11.5 Å². The van der Waals surface area contributed by atoms with Gasteiger partial charge in [0.25, 0.3) is 0 Å². The Balaban J connectivity index is 1.62. The highest BCUT2D eigenvalue weighted by atomic mass is 32.1. The van der Waals surface area contributed by atoms with Crippen LogP contribution in [0.25, 0.3) is 0 Å². The summed E-state index contributed by atoms with van der Waals surface area (Å²) in [6, 6.07) is 16.0. The van der Waals surface area contributed by atoms with Gasteiger partial charge in [0.1, 0.15) is 13.2 Å². The van der Waals surface area contributed by atoms with Crippen LogP contribution in [-0.4, -0.2) is 18.3 Å². The maximum Gasteiger partial charge on any atom is 0.171 e. The summed E-state index contributed by atoms with van der Waals surface area (Å²) in [7, 11) is 0. The fraction of sp³-hybridized carbons (Fsp3) is 0.235. The second kappa shape index (κ2) is 6.66. The first kappa shape index (κ1) is 14.7. The van der Waals surface area contributed by atoms with Crippen molar-refractivity contribution in [1.82, 2.24) is 5.32 Å². The molecule has 0 radical (unpaired) electrons. The number of benzene rings is 2. The Morgan fingerprint density at radius 3 is 2.55 bits per heavy atom. The fourth-order valence-electron chi connectivity index (χ4n) is 2.31. The average molecular weight is 314 g/mol. The lowest BCUT2D eigenvalue weighted by atomic mass is 10.1. The minimum atomic E-state index is 0.137. The van der Waals surface area contributed by atoms with E-state index in [0.29, 0.717) is 18.3 Å². The Labute approximate surface area is 135 Å². The van der Waals surface area contributed by atoms with Crippen LogP contribution in [0.5, 0.6) is 11.5 Å². The molecular weight excluding hydrogens is 296 g/mol. The van der Waals surface area contributed by atoms with E-state index >= 15 is 0 Å². The Morgan fingerprint density at radius 1 is 1.05 bits per heavy atom. The van der Waals surface area contributed by atoms with E-state index in [1.54, 1.807) is 0 Å². The molecule has 22 heavy (non-hydrogen) atoms. The second-order valence-corrected chi connectivity index (χ2v) is 5.50. The minimum Gasteiger partial charge on any atom is -0.486 e. The van der Waals surface area contributed by atoms with E-state index in [4.69, 9.17) is 21.7 Å². The van der Waals surface area contributed by atoms with Crippen molar-refractivity contribution in [2.45, 2.75) is 13.0 Å². The predicted molar refractivity (Wildman–Crippen MR) is 91.6 cm³/mol. The van der Waals surface area contributed by atoms with E-state index in [9.17, 15) is 0 Å². The van der Waals surface area contributed by atoms with Gasteiger partial charge in [0.05, 0.1) is 6.04 Å². The second-order valence-electron chi connectivity index (χ2n) is 5.09. The van der Waals surface area contributed by atoms with Gasteiger partial charge in [-0.2, -0.15) is 0 Å². The van der Waals surface area contributed by atoms with Crippen molar-refractivity contribution in [2.24, 2.45) is 0 Å². The largest absolute Gasteiger partial charge is 0.486 e. The van der Waals surface area contributed by atoms with Crippen molar-refractivity contribution in [1.29, 1.82) is 0 Å². The van der Waals surface area contributed by atoms with E-state index in [0.717, 1.165) is 17.2 Å². The van der Waals surface area contributed by atoms with Crippen molar-refractivity contribution in [3.05, 3.63) is 54.1 Å². The molecule has 2 aromatic carbocycles. The lowest BCUT2D eigenvalue weighted by Gasteiger charge is -2.20. The van der Waals surface area contributed by atoms with Crippen LogP contribution in [0.2, 0.25) is 0 Å². The Kier molecular flexibility index (Phi) is 4.44. The zero-order valence-electron chi connectivity index (χ0n) is 12.3. The van der Waals surface area contributed by atoms with Gasteiger partial charge in [0.2, 0.25) is 0 Å². The van der Waals surface area contributed by atoms with Gasteiger partial charge >= 0.3 is 0 Å². The number of rotatable bonds is 3. The van der Waals surface area contributed by atoms with Gasteiger partial charge in [-0.25, -0.2) is 0 Å². The smallest absolute Gasteiger partial charge is 0.171 e. The molecule has 2 aromatic rings. The quantitative estimate of drug-likeness (QED) is 0.849. The molecule has 0 saturated heterocycles. The lowest BCUT2D eigenvalue weighted by molar-refractivity contribution is 0.171.